The number of hydrogen-bond acceptors (Lipinski definition) is 0. The molecule has 0 aliphatic carbocycles. The predicted molar refractivity (Wildman–Crippen MR) is 68.9 cm³/mol. The van der Waals surface area contributed by atoms with Crippen LogP contribution in [0.2, 0.25) is 6.32 Å². The quantitative estimate of drug-likeness (QED) is 0.545. The third kappa shape index (κ3) is 3.60. The zero-order valence-corrected chi connectivity index (χ0v) is 9.97. The lowest BCUT2D eigenvalue weighted by Crippen LogP contribution is -2.01. The number of benzene rings is 1. The van der Waals surface area contributed by atoms with Crippen molar-refractivity contribution in [1.29, 1.82) is 0 Å². The lowest BCUT2D eigenvalue weighted by Gasteiger charge is -2.09. The minimum Gasteiger partial charge on any atom is -0.0889 e. The van der Waals surface area contributed by atoms with Gasteiger partial charge in [0.05, 0.1) is 0 Å². The SMILES string of the molecule is BCCCC(Br)c1ccc(B)cc1. The van der Waals surface area contributed by atoms with Crippen LogP contribution in [0.1, 0.15) is 23.2 Å². The Morgan fingerprint density at radius 1 is 1.23 bits per heavy atom. The van der Waals surface area contributed by atoms with E-state index in [1.807, 2.05) is 0 Å². The summed E-state index contributed by atoms with van der Waals surface area (Å²) in [5.41, 5.74) is 2.73. The van der Waals surface area contributed by atoms with Gasteiger partial charge in [-0.05, 0) is 12.0 Å². The smallest absolute Gasteiger partial charge is 0.0889 e. The van der Waals surface area contributed by atoms with Gasteiger partial charge in [-0.1, -0.05) is 58.4 Å². The Bertz CT molecular complexity index is 246. The highest BCUT2D eigenvalue weighted by Gasteiger charge is 2.05. The summed E-state index contributed by atoms with van der Waals surface area (Å²) < 4.78 is 0. The van der Waals surface area contributed by atoms with Crippen LogP contribution in [0.3, 0.4) is 0 Å². The minimum atomic E-state index is 0.535. The van der Waals surface area contributed by atoms with Crippen molar-refractivity contribution in [3.05, 3.63) is 29.8 Å². The van der Waals surface area contributed by atoms with Crippen molar-refractivity contribution in [3.63, 3.8) is 0 Å². The molecule has 0 aromatic heterocycles. The van der Waals surface area contributed by atoms with Gasteiger partial charge in [0.1, 0.15) is 15.7 Å². The molecule has 0 bridgehead atoms. The number of rotatable bonds is 4. The highest BCUT2D eigenvalue weighted by Crippen LogP contribution is 2.27. The molecular formula is C10H15B2Br. The first-order valence-corrected chi connectivity index (χ1v) is 5.86. The molecule has 0 aliphatic heterocycles. The summed E-state index contributed by atoms with van der Waals surface area (Å²) >= 11 is 3.71. The van der Waals surface area contributed by atoms with E-state index in [4.69, 9.17) is 0 Å². The summed E-state index contributed by atoms with van der Waals surface area (Å²) in [7, 11) is 4.36. The van der Waals surface area contributed by atoms with Gasteiger partial charge >= 0.3 is 0 Å². The van der Waals surface area contributed by atoms with E-state index in [2.05, 4.69) is 55.9 Å². The monoisotopic (exact) mass is 236 g/mol. The van der Waals surface area contributed by atoms with Crippen molar-refractivity contribution in [1.82, 2.24) is 0 Å². The first-order valence-electron chi connectivity index (χ1n) is 4.94. The van der Waals surface area contributed by atoms with Crippen LogP contribution >= 0.6 is 15.9 Å². The summed E-state index contributed by atoms with van der Waals surface area (Å²) in [6.07, 6.45) is 3.80. The molecule has 0 radical (unpaired) electrons. The van der Waals surface area contributed by atoms with E-state index >= 15 is 0 Å². The maximum atomic E-state index is 3.71. The maximum Gasteiger partial charge on any atom is 0.139 e. The Balaban J connectivity index is 2.55. The van der Waals surface area contributed by atoms with Crippen LogP contribution in [0.15, 0.2) is 24.3 Å². The fourth-order valence-corrected chi connectivity index (χ4v) is 1.95. The lowest BCUT2D eigenvalue weighted by molar-refractivity contribution is 0.788. The topological polar surface area (TPSA) is 0 Å². The van der Waals surface area contributed by atoms with E-state index in [1.165, 1.54) is 30.2 Å². The molecule has 1 unspecified atom stereocenters. The zero-order valence-electron chi connectivity index (χ0n) is 8.39. The third-order valence-corrected chi connectivity index (χ3v) is 3.24. The minimum absolute atomic E-state index is 0.535. The molecule has 68 valence electrons. The Kier molecular flexibility index (Phi) is 4.65. The largest absolute Gasteiger partial charge is 0.139 e. The predicted octanol–water partition coefficient (Wildman–Crippen LogP) is 1.21. The van der Waals surface area contributed by atoms with Crippen molar-refractivity contribution < 1.29 is 0 Å². The Morgan fingerprint density at radius 3 is 2.38 bits per heavy atom. The molecule has 13 heavy (non-hydrogen) atoms. The first kappa shape index (κ1) is 10.9. The normalized spacial score (nSPS) is 12.7. The molecule has 0 saturated heterocycles. The standard InChI is InChI=1S/C10H15B2Br/c11-7-1-2-10(13)8-3-5-9(12)6-4-8/h3-6,10H,1-2,7,11-12H2. The average molecular weight is 237 g/mol. The third-order valence-electron chi connectivity index (χ3n) is 2.25. The molecule has 0 fully saturated rings. The summed E-state index contributed by atoms with van der Waals surface area (Å²) in [6, 6.07) is 8.78. The molecule has 1 rings (SSSR count). The Hall–Kier alpha value is -0.170. The van der Waals surface area contributed by atoms with Gasteiger partial charge in [-0.3, -0.25) is 0 Å². The molecule has 1 atom stereocenters. The summed E-state index contributed by atoms with van der Waals surface area (Å²) in [4.78, 5) is 0.535. The summed E-state index contributed by atoms with van der Waals surface area (Å²) in [5, 5.41) is 0. The lowest BCUT2D eigenvalue weighted by atomic mass is 9.93. The van der Waals surface area contributed by atoms with E-state index in [0.717, 1.165) is 0 Å². The number of hydrogen-bond donors (Lipinski definition) is 0. The van der Waals surface area contributed by atoms with Crippen LogP contribution in [0.5, 0.6) is 0 Å². The van der Waals surface area contributed by atoms with Crippen molar-refractivity contribution in [2.24, 2.45) is 0 Å². The van der Waals surface area contributed by atoms with Gasteiger partial charge in [0.15, 0.2) is 0 Å². The van der Waals surface area contributed by atoms with Crippen LogP contribution in [0.4, 0.5) is 0 Å². The molecule has 0 amide bonds. The van der Waals surface area contributed by atoms with Crippen LogP contribution in [0.25, 0.3) is 0 Å². The molecule has 0 N–H and O–H groups in total. The highest BCUT2D eigenvalue weighted by molar-refractivity contribution is 9.09. The van der Waals surface area contributed by atoms with Crippen molar-refractivity contribution >= 4 is 37.1 Å². The highest BCUT2D eigenvalue weighted by atomic mass is 79.9. The first-order chi connectivity index (χ1) is 6.24. The molecule has 0 saturated carbocycles. The van der Waals surface area contributed by atoms with Gasteiger partial charge in [0.25, 0.3) is 0 Å². The zero-order chi connectivity index (χ0) is 9.68. The second-order valence-electron chi connectivity index (χ2n) is 3.52. The van der Waals surface area contributed by atoms with Crippen molar-refractivity contribution in [2.75, 3.05) is 0 Å². The summed E-state index contributed by atoms with van der Waals surface area (Å²) in [6.45, 7) is 0. The molecule has 0 spiro atoms. The molecular weight excluding hydrogens is 222 g/mol. The van der Waals surface area contributed by atoms with Gasteiger partial charge < -0.3 is 0 Å². The van der Waals surface area contributed by atoms with Crippen LogP contribution in [-0.4, -0.2) is 15.7 Å². The van der Waals surface area contributed by atoms with Crippen LogP contribution in [0, 0.1) is 0 Å². The molecule has 0 nitrogen and oxygen atoms in total. The van der Waals surface area contributed by atoms with E-state index in [9.17, 15) is 0 Å². The number of alkyl halides is 1. The fraction of sp³-hybridized carbons (Fsp3) is 0.400. The van der Waals surface area contributed by atoms with Gasteiger partial charge in [-0.2, -0.15) is 0 Å². The van der Waals surface area contributed by atoms with Crippen LogP contribution in [-0.2, 0) is 0 Å². The van der Waals surface area contributed by atoms with Gasteiger partial charge in [-0.25, -0.2) is 0 Å². The average Bonchev–Trinajstić information content (AvgIpc) is 2.15. The van der Waals surface area contributed by atoms with E-state index in [0.29, 0.717) is 4.83 Å². The molecule has 3 heteroatoms. The van der Waals surface area contributed by atoms with Crippen molar-refractivity contribution in [3.8, 4) is 0 Å². The second kappa shape index (κ2) is 5.54. The Morgan fingerprint density at radius 2 is 1.85 bits per heavy atom. The summed E-state index contributed by atoms with van der Waals surface area (Å²) in [5.74, 6) is 0. The number of halogens is 1. The van der Waals surface area contributed by atoms with Gasteiger partial charge in [0, 0.05) is 4.83 Å². The van der Waals surface area contributed by atoms with E-state index in [1.54, 1.807) is 0 Å². The molecule has 1 aromatic rings. The molecule has 0 heterocycles. The Labute approximate surface area is 91.1 Å². The fourth-order valence-electron chi connectivity index (χ4n) is 1.33. The maximum absolute atomic E-state index is 3.71. The van der Waals surface area contributed by atoms with Gasteiger partial charge in [-0.15, -0.1) is 0 Å². The van der Waals surface area contributed by atoms with E-state index in [-0.39, 0.29) is 0 Å². The van der Waals surface area contributed by atoms with Crippen LogP contribution < -0.4 is 5.46 Å². The van der Waals surface area contributed by atoms with Crippen molar-refractivity contribution in [2.45, 2.75) is 24.0 Å². The molecule has 0 aliphatic rings. The second-order valence-corrected chi connectivity index (χ2v) is 4.63. The molecule has 1 aromatic carbocycles. The van der Waals surface area contributed by atoms with E-state index < -0.39 is 0 Å². The van der Waals surface area contributed by atoms with Gasteiger partial charge in [0.2, 0.25) is 0 Å².